The number of aromatic nitrogens is 1. The molecule has 1 heterocycles. The van der Waals surface area contributed by atoms with Crippen molar-refractivity contribution in [1.82, 2.24) is 4.57 Å². The summed E-state index contributed by atoms with van der Waals surface area (Å²) in [5.41, 5.74) is 3.73. The van der Waals surface area contributed by atoms with Gasteiger partial charge in [0.15, 0.2) is 5.78 Å². The zero-order valence-electron chi connectivity index (χ0n) is 12.1. The van der Waals surface area contributed by atoms with Crippen LogP contribution in [0, 0.1) is 12.7 Å². The van der Waals surface area contributed by atoms with Gasteiger partial charge in [0, 0.05) is 23.7 Å². The van der Waals surface area contributed by atoms with Gasteiger partial charge in [0.1, 0.15) is 5.82 Å². The highest BCUT2D eigenvalue weighted by molar-refractivity contribution is 6.07. The van der Waals surface area contributed by atoms with Gasteiger partial charge in [-0.25, -0.2) is 4.39 Å². The van der Waals surface area contributed by atoms with Gasteiger partial charge in [-0.15, -0.1) is 0 Å². The normalized spacial score (nSPS) is 11.0. The second-order valence-corrected chi connectivity index (χ2v) is 5.33. The molecule has 0 saturated carbocycles. The number of hydrogen-bond acceptors (Lipinski definition) is 1. The molecule has 21 heavy (non-hydrogen) atoms. The average Bonchev–Trinajstić information content (AvgIpc) is 2.79. The number of nitrogens with zero attached hydrogens (tertiary/aromatic N) is 1. The van der Waals surface area contributed by atoms with Crippen LogP contribution in [0.3, 0.4) is 0 Å². The van der Waals surface area contributed by atoms with E-state index in [1.165, 1.54) is 12.1 Å². The maximum Gasteiger partial charge on any atom is 0.161 e. The van der Waals surface area contributed by atoms with Crippen LogP contribution in [0.4, 0.5) is 4.39 Å². The zero-order valence-corrected chi connectivity index (χ0v) is 12.1. The molecule has 0 N–H and O–H groups in total. The van der Waals surface area contributed by atoms with E-state index < -0.39 is 0 Å². The molecule has 2 aromatic carbocycles. The van der Waals surface area contributed by atoms with Crippen LogP contribution >= 0.6 is 0 Å². The largest absolute Gasteiger partial charge is 0.342 e. The fourth-order valence-electron chi connectivity index (χ4n) is 2.78. The number of Topliss-reactive ketones (excluding diaryl/α,β-unsaturated/α-hetero) is 1. The quantitative estimate of drug-likeness (QED) is 0.655. The molecule has 3 rings (SSSR count). The van der Waals surface area contributed by atoms with Crippen molar-refractivity contribution in [2.24, 2.45) is 0 Å². The molecule has 0 bridgehead atoms. The maximum absolute atomic E-state index is 13.3. The number of para-hydroxylation sites is 1. The van der Waals surface area contributed by atoms with E-state index in [0.717, 1.165) is 22.0 Å². The van der Waals surface area contributed by atoms with Gasteiger partial charge < -0.3 is 4.57 Å². The minimum atomic E-state index is -0.243. The Hall–Kier alpha value is -2.42. The molecule has 0 unspecified atom stereocenters. The van der Waals surface area contributed by atoms with Crippen molar-refractivity contribution in [3.8, 4) is 0 Å². The average molecular weight is 281 g/mol. The molecule has 0 fully saturated rings. The SMILES string of the molecule is CC(=O)c1cn(Cc2cccc(F)c2)c2c(C)cccc12. The summed E-state index contributed by atoms with van der Waals surface area (Å²) in [5.74, 6) is -0.198. The molecular formula is C18H16FNO. The molecule has 1 aromatic heterocycles. The number of fused-ring (bicyclic) bond motifs is 1. The molecule has 0 aliphatic heterocycles. The first-order chi connectivity index (χ1) is 10.1. The molecule has 106 valence electrons. The van der Waals surface area contributed by atoms with Crippen molar-refractivity contribution in [2.45, 2.75) is 20.4 Å². The first kappa shape index (κ1) is 13.6. The molecule has 2 nitrogen and oxygen atoms in total. The van der Waals surface area contributed by atoms with Crippen LogP contribution in [-0.2, 0) is 6.54 Å². The van der Waals surface area contributed by atoms with Crippen molar-refractivity contribution in [2.75, 3.05) is 0 Å². The van der Waals surface area contributed by atoms with E-state index in [-0.39, 0.29) is 11.6 Å². The summed E-state index contributed by atoms with van der Waals surface area (Å²) >= 11 is 0. The van der Waals surface area contributed by atoms with E-state index in [1.54, 1.807) is 13.0 Å². The summed E-state index contributed by atoms with van der Waals surface area (Å²) in [6.45, 7) is 4.14. The highest BCUT2D eigenvalue weighted by Crippen LogP contribution is 2.26. The van der Waals surface area contributed by atoms with Crippen LogP contribution in [0.1, 0.15) is 28.4 Å². The van der Waals surface area contributed by atoms with E-state index in [4.69, 9.17) is 0 Å². The Balaban J connectivity index is 2.16. The summed E-state index contributed by atoms with van der Waals surface area (Å²) in [6.07, 6.45) is 1.87. The number of halogens is 1. The van der Waals surface area contributed by atoms with Crippen LogP contribution in [0.15, 0.2) is 48.7 Å². The van der Waals surface area contributed by atoms with Crippen LogP contribution in [0.2, 0.25) is 0 Å². The Morgan fingerprint density at radius 3 is 2.67 bits per heavy atom. The standard InChI is InChI=1S/C18H16FNO/c1-12-5-3-8-16-17(13(2)21)11-20(18(12)16)10-14-6-4-7-15(19)9-14/h3-9,11H,10H2,1-2H3. The van der Waals surface area contributed by atoms with Gasteiger partial charge in [0.05, 0.1) is 5.52 Å². The van der Waals surface area contributed by atoms with Crippen LogP contribution < -0.4 is 0 Å². The molecule has 0 saturated heterocycles. The Morgan fingerprint density at radius 1 is 1.19 bits per heavy atom. The fraction of sp³-hybridized carbons (Fsp3) is 0.167. The summed E-state index contributed by atoms with van der Waals surface area (Å²) < 4.78 is 15.4. The lowest BCUT2D eigenvalue weighted by molar-refractivity contribution is 0.101. The predicted octanol–water partition coefficient (Wildman–Crippen LogP) is 4.34. The van der Waals surface area contributed by atoms with Gasteiger partial charge in [-0.05, 0) is 37.1 Å². The first-order valence-corrected chi connectivity index (χ1v) is 6.90. The predicted molar refractivity (Wildman–Crippen MR) is 82.2 cm³/mol. The Bertz CT molecular complexity index is 832. The summed E-state index contributed by atoms with van der Waals surface area (Å²) in [5, 5.41) is 0.957. The van der Waals surface area contributed by atoms with E-state index in [9.17, 15) is 9.18 Å². The monoisotopic (exact) mass is 281 g/mol. The summed E-state index contributed by atoms with van der Waals surface area (Å²) in [4.78, 5) is 11.8. The van der Waals surface area contributed by atoms with Crippen LogP contribution in [0.25, 0.3) is 10.9 Å². The highest BCUT2D eigenvalue weighted by Gasteiger charge is 2.13. The number of hydrogen-bond donors (Lipinski definition) is 0. The van der Waals surface area contributed by atoms with Gasteiger partial charge in [-0.1, -0.05) is 30.3 Å². The summed E-state index contributed by atoms with van der Waals surface area (Å²) in [6, 6.07) is 12.5. The van der Waals surface area contributed by atoms with Crippen LogP contribution in [-0.4, -0.2) is 10.4 Å². The summed E-state index contributed by atoms with van der Waals surface area (Å²) in [7, 11) is 0. The molecular weight excluding hydrogens is 265 g/mol. The third kappa shape index (κ3) is 2.47. The van der Waals surface area contributed by atoms with Gasteiger partial charge in [0.2, 0.25) is 0 Å². The van der Waals surface area contributed by atoms with E-state index >= 15 is 0 Å². The topological polar surface area (TPSA) is 22.0 Å². The van der Waals surface area contributed by atoms with Crippen LogP contribution in [0.5, 0.6) is 0 Å². The number of rotatable bonds is 3. The molecule has 0 amide bonds. The first-order valence-electron chi connectivity index (χ1n) is 6.90. The highest BCUT2D eigenvalue weighted by atomic mass is 19.1. The Kier molecular flexibility index (Phi) is 3.34. The second-order valence-electron chi connectivity index (χ2n) is 5.33. The number of carbonyl (C=O) groups is 1. The third-order valence-electron chi connectivity index (χ3n) is 3.72. The number of ketones is 1. The van der Waals surface area contributed by atoms with Gasteiger partial charge >= 0.3 is 0 Å². The Morgan fingerprint density at radius 2 is 1.95 bits per heavy atom. The van der Waals surface area contributed by atoms with Crippen molar-refractivity contribution in [1.29, 1.82) is 0 Å². The van der Waals surface area contributed by atoms with E-state index in [2.05, 4.69) is 0 Å². The number of benzene rings is 2. The van der Waals surface area contributed by atoms with Gasteiger partial charge in [-0.2, -0.15) is 0 Å². The molecule has 0 aliphatic carbocycles. The maximum atomic E-state index is 13.3. The molecule has 0 radical (unpaired) electrons. The van der Waals surface area contributed by atoms with E-state index in [0.29, 0.717) is 12.1 Å². The molecule has 0 atom stereocenters. The van der Waals surface area contributed by atoms with Gasteiger partial charge in [-0.3, -0.25) is 4.79 Å². The number of aryl methyl sites for hydroxylation is 1. The lowest BCUT2D eigenvalue weighted by atomic mass is 10.1. The zero-order chi connectivity index (χ0) is 15.0. The Labute approximate surface area is 122 Å². The fourth-order valence-corrected chi connectivity index (χ4v) is 2.78. The third-order valence-corrected chi connectivity index (χ3v) is 3.72. The molecule has 3 heteroatoms. The van der Waals surface area contributed by atoms with Gasteiger partial charge in [0.25, 0.3) is 0 Å². The minimum Gasteiger partial charge on any atom is -0.342 e. The smallest absolute Gasteiger partial charge is 0.161 e. The molecule has 0 aliphatic rings. The van der Waals surface area contributed by atoms with Crippen molar-refractivity contribution in [3.63, 3.8) is 0 Å². The molecule has 3 aromatic rings. The number of carbonyl (C=O) groups excluding carboxylic acids is 1. The van der Waals surface area contributed by atoms with Crippen molar-refractivity contribution >= 4 is 16.7 Å². The van der Waals surface area contributed by atoms with E-state index in [1.807, 2.05) is 42.0 Å². The lowest BCUT2D eigenvalue weighted by Gasteiger charge is -2.07. The van der Waals surface area contributed by atoms with Crippen molar-refractivity contribution < 1.29 is 9.18 Å². The lowest BCUT2D eigenvalue weighted by Crippen LogP contribution is -1.99. The van der Waals surface area contributed by atoms with Crippen molar-refractivity contribution in [3.05, 3.63) is 71.2 Å². The minimum absolute atomic E-state index is 0.0450. The second kappa shape index (κ2) is 5.17. The molecule has 0 spiro atoms.